The zero-order valence-electron chi connectivity index (χ0n) is 22.6. The summed E-state index contributed by atoms with van der Waals surface area (Å²) in [6.45, 7) is 9.15. The van der Waals surface area contributed by atoms with Gasteiger partial charge in [-0.05, 0) is 88.6 Å². The van der Waals surface area contributed by atoms with Crippen LogP contribution in [-0.4, -0.2) is 48.2 Å². The molecule has 2 saturated heterocycles. The van der Waals surface area contributed by atoms with Gasteiger partial charge in [0.05, 0.1) is 11.0 Å². The number of ether oxygens (including phenoxy) is 1. The van der Waals surface area contributed by atoms with Gasteiger partial charge in [0.25, 0.3) is 6.43 Å². The van der Waals surface area contributed by atoms with Crippen molar-refractivity contribution in [3.05, 3.63) is 57.1 Å². The highest BCUT2D eigenvalue weighted by Gasteiger charge is 2.49. The Morgan fingerprint density at radius 3 is 2.49 bits per heavy atom. The van der Waals surface area contributed by atoms with Crippen molar-refractivity contribution in [1.29, 1.82) is 0 Å². The SMILES string of the molecule is Cc1cc(N2CC([C@H]3CCCN(C4CC(C)(C(=O)O)C4)C3)C2)cc(O[C@H](C)c2ccc(Cl)cc2Cl)c1C(F)F. The Balaban J connectivity index is 1.25. The molecule has 5 rings (SSSR count). The second kappa shape index (κ2) is 11.1. The van der Waals surface area contributed by atoms with E-state index in [0.717, 1.165) is 51.1 Å². The molecule has 2 aromatic rings. The van der Waals surface area contributed by atoms with Crippen molar-refractivity contribution < 1.29 is 23.4 Å². The molecular formula is C30H36Cl2F2N2O3. The average Bonchev–Trinajstić information content (AvgIpc) is 2.80. The van der Waals surface area contributed by atoms with Crippen LogP contribution in [0.1, 0.15) is 68.8 Å². The summed E-state index contributed by atoms with van der Waals surface area (Å²) in [5, 5.41) is 10.4. The first-order valence-corrected chi connectivity index (χ1v) is 14.5. The van der Waals surface area contributed by atoms with Crippen LogP contribution in [0, 0.1) is 24.2 Å². The Bertz CT molecular complexity index is 1230. The fourth-order valence-corrected chi connectivity index (χ4v) is 7.15. The number of anilines is 1. The molecule has 212 valence electrons. The smallest absolute Gasteiger partial charge is 0.309 e. The number of alkyl halides is 2. The van der Waals surface area contributed by atoms with Gasteiger partial charge < -0.3 is 19.6 Å². The number of aryl methyl sites for hydroxylation is 1. The Morgan fingerprint density at radius 1 is 1.13 bits per heavy atom. The van der Waals surface area contributed by atoms with E-state index in [0.29, 0.717) is 39.0 Å². The molecule has 0 bridgehead atoms. The minimum atomic E-state index is -2.66. The largest absolute Gasteiger partial charge is 0.485 e. The number of piperidine rings is 1. The normalized spacial score (nSPS) is 26.7. The van der Waals surface area contributed by atoms with E-state index in [9.17, 15) is 18.7 Å². The minimum Gasteiger partial charge on any atom is -0.485 e. The summed E-state index contributed by atoms with van der Waals surface area (Å²) in [5.74, 6) is 0.585. The quantitative estimate of drug-likeness (QED) is 0.345. The van der Waals surface area contributed by atoms with Crippen LogP contribution >= 0.6 is 23.2 Å². The average molecular weight is 582 g/mol. The van der Waals surface area contributed by atoms with Gasteiger partial charge in [0.15, 0.2) is 0 Å². The molecule has 1 saturated carbocycles. The van der Waals surface area contributed by atoms with Gasteiger partial charge in [-0.2, -0.15) is 0 Å². The van der Waals surface area contributed by atoms with Gasteiger partial charge in [0.1, 0.15) is 11.9 Å². The zero-order valence-corrected chi connectivity index (χ0v) is 24.1. The molecule has 1 N–H and O–H groups in total. The van der Waals surface area contributed by atoms with Crippen LogP contribution in [0.2, 0.25) is 10.0 Å². The van der Waals surface area contributed by atoms with E-state index in [1.807, 2.05) is 13.0 Å². The first-order valence-electron chi connectivity index (χ1n) is 13.7. The van der Waals surface area contributed by atoms with Gasteiger partial charge in [-0.3, -0.25) is 4.79 Å². The molecule has 39 heavy (non-hydrogen) atoms. The first kappa shape index (κ1) is 28.4. The summed E-state index contributed by atoms with van der Waals surface area (Å²) in [5.41, 5.74) is 1.41. The number of hydrogen-bond acceptors (Lipinski definition) is 4. The number of halogens is 4. The fraction of sp³-hybridized carbons (Fsp3) is 0.567. The molecular weight excluding hydrogens is 545 g/mol. The molecule has 0 unspecified atom stereocenters. The van der Waals surface area contributed by atoms with E-state index < -0.39 is 23.9 Å². The van der Waals surface area contributed by atoms with E-state index in [-0.39, 0.29) is 11.3 Å². The Morgan fingerprint density at radius 2 is 1.85 bits per heavy atom. The van der Waals surface area contributed by atoms with Crippen LogP contribution in [0.25, 0.3) is 0 Å². The van der Waals surface area contributed by atoms with Crippen LogP contribution in [0.15, 0.2) is 30.3 Å². The van der Waals surface area contributed by atoms with Crippen molar-refractivity contribution in [2.24, 2.45) is 17.3 Å². The first-order chi connectivity index (χ1) is 18.4. The third kappa shape index (κ3) is 5.73. The Kier molecular flexibility index (Phi) is 8.06. The van der Waals surface area contributed by atoms with Gasteiger partial charge in [-0.25, -0.2) is 8.78 Å². The number of carbonyl (C=O) groups is 1. The van der Waals surface area contributed by atoms with Gasteiger partial charge in [-0.15, -0.1) is 0 Å². The van der Waals surface area contributed by atoms with E-state index in [1.165, 1.54) is 6.42 Å². The predicted octanol–water partition coefficient (Wildman–Crippen LogP) is 7.78. The van der Waals surface area contributed by atoms with Crippen LogP contribution < -0.4 is 9.64 Å². The molecule has 2 heterocycles. The van der Waals surface area contributed by atoms with Crippen LogP contribution in [0.5, 0.6) is 5.75 Å². The van der Waals surface area contributed by atoms with E-state index in [1.54, 1.807) is 38.1 Å². The lowest BCUT2D eigenvalue weighted by atomic mass is 9.65. The van der Waals surface area contributed by atoms with Crippen molar-refractivity contribution in [3.63, 3.8) is 0 Å². The standard InChI is InChI=1S/C30H36Cl2F2N2O3/c1-17-9-22(11-26(27(17)28(33)34)39-18(2)24-7-6-21(31)10-25(24)32)36-15-20(16-36)19-5-4-8-35(14-19)23-12-30(3,13-23)29(37)38/h6-7,9-11,18-20,23,28H,4-5,8,12-16H2,1-3H3,(H,37,38)/t18-,19+,23?,30?/m1/s1. The van der Waals surface area contributed by atoms with Crippen molar-refractivity contribution in [2.75, 3.05) is 31.1 Å². The second-order valence-electron chi connectivity index (χ2n) is 11.9. The Labute approximate surface area is 239 Å². The number of carboxylic acids is 1. The predicted molar refractivity (Wildman–Crippen MR) is 150 cm³/mol. The van der Waals surface area contributed by atoms with Crippen molar-refractivity contribution in [2.45, 2.75) is 65.0 Å². The van der Waals surface area contributed by atoms with Crippen LogP contribution in [-0.2, 0) is 4.79 Å². The van der Waals surface area contributed by atoms with Gasteiger partial charge in [0, 0.05) is 53.0 Å². The minimum absolute atomic E-state index is 0.0930. The topological polar surface area (TPSA) is 53.0 Å². The number of hydrogen-bond donors (Lipinski definition) is 1. The van der Waals surface area contributed by atoms with Crippen molar-refractivity contribution in [1.82, 2.24) is 4.90 Å². The maximum atomic E-state index is 14.1. The molecule has 3 fully saturated rings. The number of carboxylic acid groups (broad SMARTS) is 1. The summed E-state index contributed by atoms with van der Waals surface area (Å²) in [6, 6.07) is 9.02. The third-order valence-corrected chi connectivity index (χ3v) is 9.65. The van der Waals surface area contributed by atoms with Crippen LogP contribution in [0.4, 0.5) is 14.5 Å². The monoisotopic (exact) mass is 580 g/mol. The second-order valence-corrected chi connectivity index (χ2v) is 12.7. The molecule has 0 amide bonds. The molecule has 1 aliphatic carbocycles. The van der Waals surface area contributed by atoms with E-state index in [2.05, 4.69) is 9.80 Å². The fourth-order valence-electron chi connectivity index (χ4n) is 6.58. The molecule has 3 aliphatic rings. The van der Waals surface area contributed by atoms with Gasteiger partial charge >= 0.3 is 5.97 Å². The highest BCUT2D eigenvalue weighted by atomic mass is 35.5. The van der Waals surface area contributed by atoms with E-state index in [4.69, 9.17) is 27.9 Å². The van der Waals surface area contributed by atoms with Crippen molar-refractivity contribution >= 4 is 34.9 Å². The zero-order chi connectivity index (χ0) is 28.1. The maximum absolute atomic E-state index is 14.1. The molecule has 2 aliphatic heterocycles. The molecule has 0 radical (unpaired) electrons. The molecule has 2 atom stereocenters. The van der Waals surface area contributed by atoms with Gasteiger partial charge in [0.2, 0.25) is 0 Å². The third-order valence-electron chi connectivity index (χ3n) is 9.09. The summed E-state index contributed by atoms with van der Waals surface area (Å²) >= 11 is 12.4. The lowest BCUT2D eigenvalue weighted by molar-refractivity contribution is -0.158. The number of likely N-dealkylation sites (tertiary alicyclic amines) is 1. The summed E-state index contributed by atoms with van der Waals surface area (Å²) in [4.78, 5) is 16.2. The number of benzene rings is 2. The molecule has 5 nitrogen and oxygen atoms in total. The lowest BCUT2D eigenvalue weighted by Gasteiger charge is -2.52. The Hall–Kier alpha value is -2.09. The van der Waals surface area contributed by atoms with Crippen LogP contribution in [0.3, 0.4) is 0 Å². The lowest BCUT2D eigenvalue weighted by Crippen LogP contribution is -2.58. The molecule has 9 heteroatoms. The summed E-state index contributed by atoms with van der Waals surface area (Å²) in [6.07, 6.45) is 0.568. The summed E-state index contributed by atoms with van der Waals surface area (Å²) < 4.78 is 34.2. The maximum Gasteiger partial charge on any atom is 0.309 e. The van der Waals surface area contributed by atoms with E-state index >= 15 is 0 Å². The highest BCUT2D eigenvalue weighted by molar-refractivity contribution is 6.35. The highest BCUT2D eigenvalue weighted by Crippen LogP contribution is 2.46. The number of nitrogens with zero attached hydrogens (tertiary/aromatic N) is 2. The molecule has 2 aromatic carbocycles. The molecule has 0 aromatic heterocycles. The number of aliphatic carboxylic acids is 1. The molecule has 0 spiro atoms. The number of rotatable bonds is 8. The summed E-state index contributed by atoms with van der Waals surface area (Å²) in [7, 11) is 0. The van der Waals surface area contributed by atoms with Gasteiger partial charge in [-0.1, -0.05) is 29.3 Å². The van der Waals surface area contributed by atoms with Crippen molar-refractivity contribution in [3.8, 4) is 5.75 Å².